The number of aryl methyl sites for hydroxylation is 2. The number of rotatable bonds is 5. The van der Waals surface area contributed by atoms with Gasteiger partial charge in [-0.1, -0.05) is 30.1 Å². The average Bonchev–Trinajstić information content (AvgIpc) is 2.73. The molecule has 1 unspecified atom stereocenters. The SMILES string of the molecule is CCNC(Cc1cc(Cl)ccc1Cl)c1cc(C)c(C)s1. The largest absolute Gasteiger partial charge is 0.309 e. The summed E-state index contributed by atoms with van der Waals surface area (Å²) in [6.45, 7) is 7.38. The molecule has 0 radical (unpaired) electrons. The van der Waals surface area contributed by atoms with E-state index in [0.29, 0.717) is 0 Å². The number of hydrogen-bond acceptors (Lipinski definition) is 2. The summed E-state index contributed by atoms with van der Waals surface area (Å²) in [5, 5.41) is 5.06. The average molecular weight is 328 g/mol. The van der Waals surface area contributed by atoms with Crippen LogP contribution in [0, 0.1) is 13.8 Å². The summed E-state index contributed by atoms with van der Waals surface area (Å²) in [5.41, 5.74) is 2.44. The molecule has 0 saturated heterocycles. The van der Waals surface area contributed by atoms with Gasteiger partial charge in [0, 0.05) is 25.8 Å². The van der Waals surface area contributed by atoms with Gasteiger partial charge in [-0.3, -0.25) is 0 Å². The fourth-order valence-corrected chi connectivity index (χ4v) is 3.72. The highest BCUT2D eigenvalue weighted by atomic mass is 35.5. The summed E-state index contributed by atoms with van der Waals surface area (Å²) in [7, 11) is 0. The van der Waals surface area contributed by atoms with Gasteiger partial charge in [-0.05, 0) is 62.2 Å². The van der Waals surface area contributed by atoms with E-state index in [1.165, 1.54) is 15.3 Å². The summed E-state index contributed by atoms with van der Waals surface area (Å²) in [5.74, 6) is 0. The lowest BCUT2D eigenvalue weighted by atomic mass is 10.0. The van der Waals surface area contributed by atoms with Crippen LogP contribution >= 0.6 is 34.5 Å². The molecule has 0 aliphatic carbocycles. The lowest BCUT2D eigenvalue weighted by Gasteiger charge is -2.17. The van der Waals surface area contributed by atoms with Gasteiger partial charge in [-0.15, -0.1) is 11.3 Å². The lowest BCUT2D eigenvalue weighted by Crippen LogP contribution is -2.22. The van der Waals surface area contributed by atoms with Crippen molar-refractivity contribution < 1.29 is 0 Å². The molecule has 1 nitrogen and oxygen atoms in total. The molecule has 1 N–H and O–H groups in total. The van der Waals surface area contributed by atoms with Crippen molar-refractivity contribution in [3.63, 3.8) is 0 Å². The lowest BCUT2D eigenvalue weighted by molar-refractivity contribution is 0.558. The third kappa shape index (κ3) is 3.76. The van der Waals surface area contributed by atoms with Crippen molar-refractivity contribution in [3.05, 3.63) is 55.2 Å². The Morgan fingerprint density at radius 2 is 1.95 bits per heavy atom. The first-order valence-corrected chi connectivity index (χ1v) is 8.32. The molecular formula is C16H19Cl2NS. The molecule has 0 aliphatic heterocycles. The van der Waals surface area contributed by atoms with Crippen molar-refractivity contribution in [1.29, 1.82) is 0 Å². The van der Waals surface area contributed by atoms with Crippen molar-refractivity contribution in [2.45, 2.75) is 33.2 Å². The molecule has 0 fully saturated rings. The molecule has 0 amide bonds. The molecular weight excluding hydrogens is 309 g/mol. The first-order chi connectivity index (χ1) is 9.51. The zero-order valence-corrected chi connectivity index (χ0v) is 14.3. The third-order valence-corrected chi connectivity index (χ3v) is 5.28. The Morgan fingerprint density at radius 3 is 2.55 bits per heavy atom. The van der Waals surface area contributed by atoms with E-state index in [1.807, 2.05) is 29.5 Å². The van der Waals surface area contributed by atoms with Crippen LogP contribution in [0.4, 0.5) is 0 Å². The van der Waals surface area contributed by atoms with Gasteiger partial charge in [-0.25, -0.2) is 0 Å². The minimum atomic E-state index is 0.286. The van der Waals surface area contributed by atoms with Crippen LogP contribution in [0.15, 0.2) is 24.3 Å². The first-order valence-electron chi connectivity index (χ1n) is 6.75. The molecule has 2 rings (SSSR count). The van der Waals surface area contributed by atoms with Gasteiger partial charge < -0.3 is 5.32 Å². The monoisotopic (exact) mass is 327 g/mol. The molecule has 0 aliphatic rings. The predicted molar refractivity (Wildman–Crippen MR) is 90.4 cm³/mol. The smallest absolute Gasteiger partial charge is 0.0456 e. The second kappa shape index (κ2) is 6.95. The summed E-state index contributed by atoms with van der Waals surface area (Å²) < 4.78 is 0. The van der Waals surface area contributed by atoms with Gasteiger partial charge in [0.05, 0.1) is 0 Å². The molecule has 1 atom stereocenters. The van der Waals surface area contributed by atoms with E-state index in [0.717, 1.165) is 28.6 Å². The van der Waals surface area contributed by atoms with Gasteiger partial charge in [0.2, 0.25) is 0 Å². The van der Waals surface area contributed by atoms with Crippen molar-refractivity contribution in [3.8, 4) is 0 Å². The standard InChI is InChI=1S/C16H19Cl2NS/c1-4-19-15(16-7-10(2)11(3)20-16)9-12-8-13(17)5-6-14(12)18/h5-8,15,19H,4,9H2,1-3H3. The van der Waals surface area contributed by atoms with E-state index >= 15 is 0 Å². The van der Waals surface area contributed by atoms with Crippen LogP contribution in [0.3, 0.4) is 0 Å². The second-order valence-corrected chi connectivity index (χ2v) is 7.07. The number of thiophene rings is 1. The summed E-state index contributed by atoms with van der Waals surface area (Å²) in [6.07, 6.45) is 0.854. The Bertz CT molecular complexity index is 573. The number of likely N-dealkylation sites (N-methyl/N-ethyl adjacent to an activating group) is 1. The van der Waals surface area contributed by atoms with E-state index in [2.05, 4.69) is 32.2 Å². The molecule has 4 heteroatoms. The van der Waals surface area contributed by atoms with E-state index in [4.69, 9.17) is 23.2 Å². The third-order valence-electron chi connectivity index (χ3n) is 3.41. The minimum absolute atomic E-state index is 0.286. The normalized spacial score (nSPS) is 12.7. The van der Waals surface area contributed by atoms with Crippen LogP contribution < -0.4 is 5.32 Å². The van der Waals surface area contributed by atoms with Crippen LogP contribution in [0.2, 0.25) is 10.0 Å². The number of nitrogens with one attached hydrogen (secondary N) is 1. The fraction of sp³-hybridized carbons (Fsp3) is 0.375. The summed E-state index contributed by atoms with van der Waals surface area (Å²) >= 11 is 14.2. The molecule has 0 saturated carbocycles. The van der Waals surface area contributed by atoms with E-state index < -0.39 is 0 Å². The molecule has 108 valence electrons. The quantitative estimate of drug-likeness (QED) is 0.757. The predicted octanol–water partition coefficient (Wildman–Crippen LogP) is 5.57. The highest BCUT2D eigenvalue weighted by Crippen LogP contribution is 2.31. The van der Waals surface area contributed by atoms with Crippen molar-refractivity contribution >= 4 is 34.5 Å². The highest BCUT2D eigenvalue weighted by molar-refractivity contribution is 7.12. The maximum absolute atomic E-state index is 6.28. The highest BCUT2D eigenvalue weighted by Gasteiger charge is 2.16. The second-order valence-electron chi connectivity index (χ2n) is 4.94. The van der Waals surface area contributed by atoms with E-state index in [-0.39, 0.29) is 6.04 Å². The number of hydrogen-bond donors (Lipinski definition) is 1. The van der Waals surface area contributed by atoms with Crippen molar-refractivity contribution in [2.24, 2.45) is 0 Å². The zero-order chi connectivity index (χ0) is 14.7. The Labute approximate surface area is 134 Å². The maximum Gasteiger partial charge on any atom is 0.0456 e. The van der Waals surface area contributed by atoms with Gasteiger partial charge in [0.1, 0.15) is 0 Å². The van der Waals surface area contributed by atoms with Gasteiger partial charge >= 0.3 is 0 Å². The van der Waals surface area contributed by atoms with Crippen LogP contribution in [0.1, 0.15) is 33.8 Å². The molecule has 1 aromatic heterocycles. The Balaban J connectivity index is 2.27. The van der Waals surface area contributed by atoms with E-state index in [1.54, 1.807) is 0 Å². The Kier molecular flexibility index (Phi) is 5.50. The van der Waals surface area contributed by atoms with Crippen LogP contribution in [0.25, 0.3) is 0 Å². The molecule has 2 aromatic rings. The van der Waals surface area contributed by atoms with Crippen molar-refractivity contribution in [2.75, 3.05) is 6.54 Å². The minimum Gasteiger partial charge on any atom is -0.309 e. The maximum atomic E-state index is 6.28. The molecule has 1 heterocycles. The van der Waals surface area contributed by atoms with Crippen molar-refractivity contribution in [1.82, 2.24) is 5.32 Å². The first kappa shape index (κ1) is 15.8. The number of benzene rings is 1. The summed E-state index contributed by atoms with van der Waals surface area (Å²) in [4.78, 5) is 2.73. The molecule has 1 aromatic carbocycles. The number of halogens is 2. The van der Waals surface area contributed by atoms with Gasteiger partial charge in [-0.2, -0.15) is 0 Å². The molecule has 0 bridgehead atoms. The fourth-order valence-electron chi connectivity index (χ4n) is 2.21. The van der Waals surface area contributed by atoms with Gasteiger partial charge in [0.15, 0.2) is 0 Å². The molecule has 20 heavy (non-hydrogen) atoms. The Morgan fingerprint density at radius 1 is 1.20 bits per heavy atom. The van der Waals surface area contributed by atoms with E-state index in [9.17, 15) is 0 Å². The van der Waals surface area contributed by atoms with Gasteiger partial charge in [0.25, 0.3) is 0 Å². The summed E-state index contributed by atoms with van der Waals surface area (Å²) in [6, 6.07) is 8.21. The Hall–Kier alpha value is -0.540. The van der Waals surface area contributed by atoms with Crippen LogP contribution in [-0.4, -0.2) is 6.54 Å². The van der Waals surface area contributed by atoms with Crippen LogP contribution in [0.5, 0.6) is 0 Å². The zero-order valence-electron chi connectivity index (χ0n) is 12.0. The molecule has 0 spiro atoms. The topological polar surface area (TPSA) is 12.0 Å². The van der Waals surface area contributed by atoms with Crippen LogP contribution in [-0.2, 0) is 6.42 Å².